The lowest BCUT2D eigenvalue weighted by Gasteiger charge is -2.15. The van der Waals surface area contributed by atoms with E-state index in [1.165, 1.54) is 28.3 Å². The number of anilines is 5. The number of carbonyl (C=O) groups excluding carboxylic acids is 1. The summed E-state index contributed by atoms with van der Waals surface area (Å²) in [7, 11) is 4.52. The maximum Gasteiger partial charge on any atom is 0.229 e. The maximum atomic E-state index is 14.3. The van der Waals surface area contributed by atoms with Gasteiger partial charge in [0.15, 0.2) is 23.1 Å². The van der Waals surface area contributed by atoms with E-state index in [-0.39, 0.29) is 17.7 Å². The molecular weight excluding hydrogens is 405 g/mol. The predicted octanol–water partition coefficient (Wildman–Crippen LogP) is 4.09. The van der Waals surface area contributed by atoms with Crippen LogP contribution in [0, 0.1) is 5.82 Å². The normalized spacial score (nSPS) is 10.2. The number of ether oxygens (including phenoxy) is 3. The Bertz CT molecular complexity index is 1070. The summed E-state index contributed by atoms with van der Waals surface area (Å²) in [4.78, 5) is 19.4. The number of benzene rings is 2. The van der Waals surface area contributed by atoms with E-state index >= 15 is 0 Å². The van der Waals surface area contributed by atoms with Crippen LogP contribution in [0.3, 0.4) is 0 Å². The quantitative estimate of drug-likeness (QED) is 0.494. The van der Waals surface area contributed by atoms with Gasteiger partial charge in [-0.05, 0) is 18.2 Å². The minimum Gasteiger partial charge on any atom is -0.493 e. The van der Waals surface area contributed by atoms with Crippen LogP contribution in [-0.4, -0.2) is 37.2 Å². The molecule has 31 heavy (non-hydrogen) atoms. The largest absolute Gasteiger partial charge is 0.493 e. The van der Waals surface area contributed by atoms with Gasteiger partial charge in [0.1, 0.15) is 0 Å². The van der Waals surface area contributed by atoms with Crippen LogP contribution in [-0.2, 0) is 4.79 Å². The number of nitrogens with zero attached hydrogens (tertiary/aromatic N) is 2. The molecule has 1 heterocycles. The zero-order valence-corrected chi connectivity index (χ0v) is 17.4. The van der Waals surface area contributed by atoms with E-state index in [2.05, 4.69) is 25.9 Å². The molecule has 0 spiro atoms. The standard InChI is InChI=1S/C21H22FN5O4/c1-12(28)24-13-6-5-7-14(8-13)25-20-16(22)11-23-21(27-20)26-15-9-17(29-2)19(31-4)18(10-15)30-3/h5-11H,1-4H3,(H,24,28)(H2,23,25,26,27). The molecule has 0 radical (unpaired) electrons. The first-order valence-electron chi connectivity index (χ1n) is 9.17. The Labute approximate surface area is 178 Å². The molecule has 0 saturated carbocycles. The Hall–Kier alpha value is -4.08. The molecule has 0 aliphatic heterocycles. The Morgan fingerprint density at radius 2 is 1.61 bits per heavy atom. The van der Waals surface area contributed by atoms with Crippen molar-refractivity contribution in [2.24, 2.45) is 0 Å². The van der Waals surface area contributed by atoms with Gasteiger partial charge in [0.05, 0.1) is 27.5 Å². The fourth-order valence-electron chi connectivity index (χ4n) is 2.81. The molecule has 0 unspecified atom stereocenters. The molecule has 10 heteroatoms. The smallest absolute Gasteiger partial charge is 0.229 e. The van der Waals surface area contributed by atoms with Crippen LogP contribution < -0.4 is 30.2 Å². The minimum absolute atomic E-state index is 0.0371. The van der Waals surface area contributed by atoms with E-state index in [1.54, 1.807) is 36.4 Å². The van der Waals surface area contributed by atoms with Gasteiger partial charge < -0.3 is 30.2 Å². The average Bonchev–Trinajstić information content (AvgIpc) is 2.75. The minimum atomic E-state index is -0.639. The van der Waals surface area contributed by atoms with Crippen LogP contribution in [0.15, 0.2) is 42.6 Å². The third-order valence-corrected chi connectivity index (χ3v) is 4.11. The van der Waals surface area contributed by atoms with Crippen molar-refractivity contribution in [3.8, 4) is 17.2 Å². The number of amides is 1. The number of halogens is 1. The second-order valence-electron chi connectivity index (χ2n) is 6.32. The number of nitrogens with one attached hydrogen (secondary N) is 3. The van der Waals surface area contributed by atoms with Gasteiger partial charge in [-0.3, -0.25) is 4.79 Å². The molecule has 1 aromatic heterocycles. The number of aromatic nitrogens is 2. The van der Waals surface area contributed by atoms with E-state index in [4.69, 9.17) is 14.2 Å². The van der Waals surface area contributed by atoms with Crippen LogP contribution in [0.4, 0.5) is 33.2 Å². The molecule has 3 aromatic rings. The summed E-state index contributed by atoms with van der Waals surface area (Å²) in [6.45, 7) is 1.41. The van der Waals surface area contributed by atoms with Crippen LogP contribution >= 0.6 is 0 Å². The first-order chi connectivity index (χ1) is 14.9. The van der Waals surface area contributed by atoms with E-state index in [9.17, 15) is 9.18 Å². The van der Waals surface area contributed by atoms with Crippen LogP contribution in [0.5, 0.6) is 17.2 Å². The number of methoxy groups -OCH3 is 3. The summed E-state index contributed by atoms with van der Waals surface area (Å²) in [5.41, 5.74) is 1.67. The average molecular weight is 427 g/mol. The van der Waals surface area contributed by atoms with E-state index in [0.717, 1.165) is 6.20 Å². The van der Waals surface area contributed by atoms with Gasteiger partial charge in [-0.15, -0.1) is 0 Å². The summed E-state index contributed by atoms with van der Waals surface area (Å²) >= 11 is 0. The SMILES string of the molecule is COc1cc(Nc2ncc(F)c(Nc3cccc(NC(C)=O)c3)n2)cc(OC)c1OC. The Morgan fingerprint density at radius 1 is 0.935 bits per heavy atom. The molecular formula is C21H22FN5O4. The van der Waals surface area contributed by atoms with Crippen LogP contribution in [0.1, 0.15) is 6.92 Å². The highest BCUT2D eigenvalue weighted by Gasteiger charge is 2.15. The number of rotatable bonds is 8. The third kappa shape index (κ3) is 5.30. The topological polar surface area (TPSA) is 107 Å². The van der Waals surface area contributed by atoms with Crippen molar-refractivity contribution in [1.82, 2.24) is 9.97 Å². The highest BCUT2D eigenvalue weighted by Crippen LogP contribution is 2.40. The van der Waals surface area contributed by atoms with Crippen molar-refractivity contribution in [3.63, 3.8) is 0 Å². The fourth-order valence-corrected chi connectivity index (χ4v) is 2.81. The van der Waals surface area contributed by atoms with Crippen molar-refractivity contribution in [2.45, 2.75) is 6.92 Å². The van der Waals surface area contributed by atoms with Gasteiger partial charge in [0.2, 0.25) is 17.6 Å². The highest BCUT2D eigenvalue weighted by molar-refractivity contribution is 5.89. The molecule has 162 valence electrons. The Kier molecular flexibility index (Phi) is 6.71. The van der Waals surface area contributed by atoms with Gasteiger partial charge in [0.25, 0.3) is 0 Å². The van der Waals surface area contributed by atoms with Crippen LogP contribution in [0.2, 0.25) is 0 Å². The Morgan fingerprint density at radius 3 is 2.23 bits per heavy atom. The van der Waals surface area contributed by atoms with Gasteiger partial charge in [-0.1, -0.05) is 6.07 Å². The number of hydrogen-bond acceptors (Lipinski definition) is 8. The highest BCUT2D eigenvalue weighted by atomic mass is 19.1. The molecule has 0 fully saturated rings. The molecule has 0 atom stereocenters. The molecule has 2 aromatic carbocycles. The molecule has 3 rings (SSSR count). The van der Waals surface area contributed by atoms with Gasteiger partial charge >= 0.3 is 0 Å². The van der Waals surface area contributed by atoms with E-state index in [0.29, 0.717) is 34.3 Å². The molecule has 9 nitrogen and oxygen atoms in total. The van der Waals surface area contributed by atoms with Crippen molar-refractivity contribution >= 4 is 34.7 Å². The summed E-state index contributed by atoms with van der Waals surface area (Å²) in [5, 5.41) is 8.55. The molecule has 3 N–H and O–H groups in total. The van der Waals surface area contributed by atoms with Crippen molar-refractivity contribution in [3.05, 3.63) is 48.4 Å². The predicted molar refractivity (Wildman–Crippen MR) is 115 cm³/mol. The van der Waals surface area contributed by atoms with E-state index in [1.807, 2.05) is 0 Å². The van der Waals surface area contributed by atoms with E-state index < -0.39 is 5.82 Å². The van der Waals surface area contributed by atoms with Gasteiger partial charge in [-0.2, -0.15) is 4.98 Å². The second-order valence-corrected chi connectivity index (χ2v) is 6.32. The lowest BCUT2D eigenvalue weighted by atomic mass is 10.2. The summed E-state index contributed by atoms with van der Waals surface area (Å²) in [5.74, 6) is 0.597. The summed E-state index contributed by atoms with van der Waals surface area (Å²) < 4.78 is 30.3. The first kappa shape index (κ1) is 21.6. The monoisotopic (exact) mass is 427 g/mol. The molecule has 0 saturated heterocycles. The lowest BCUT2D eigenvalue weighted by Crippen LogP contribution is -2.06. The second kappa shape index (κ2) is 9.61. The number of carbonyl (C=O) groups is 1. The van der Waals surface area contributed by atoms with Crippen molar-refractivity contribution < 1.29 is 23.4 Å². The zero-order chi connectivity index (χ0) is 22.4. The van der Waals surface area contributed by atoms with Gasteiger partial charge in [-0.25, -0.2) is 9.37 Å². The molecule has 0 aliphatic rings. The number of hydrogen-bond donors (Lipinski definition) is 3. The fraction of sp³-hybridized carbons (Fsp3) is 0.190. The first-order valence-corrected chi connectivity index (χ1v) is 9.17. The molecule has 0 bridgehead atoms. The summed E-state index contributed by atoms with van der Waals surface area (Å²) in [6, 6.07) is 10.2. The Balaban J connectivity index is 1.86. The van der Waals surface area contributed by atoms with Gasteiger partial charge in [0, 0.05) is 36.1 Å². The van der Waals surface area contributed by atoms with Crippen molar-refractivity contribution in [2.75, 3.05) is 37.3 Å². The van der Waals surface area contributed by atoms with Crippen molar-refractivity contribution in [1.29, 1.82) is 0 Å². The van der Waals surface area contributed by atoms with Crippen LogP contribution in [0.25, 0.3) is 0 Å². The molecule has 0 aliphatic carbocycles. The maximum absolute atomic E-state index is 14.3. The summed E-state index contributed by atoms with van der Waals surface area (Å²) in [6.07, 6.45) is 1.05. The molecule has 1 amide bonds. The lowest BCUT2D eigenvalue weighted by molar-refractivity contribution is -0.114. The zero-order valence-electron chi connectivity index (χ0n) is 17.4. The third-order valence-electron chi connectivity index (χ3n) is 4.11.